The molecular weight excluding hydrogens is 312 g/mol. The van der Waals surface area contributed by atoms with Crippen LogP contribution < -0.4 is 5.73 Å². The van der Waals surface area contributed by atoms with Crippen molar-refractivity contribution in [2.45, 2.75) is 26.3 Å². The smallest absolute Gasteiger partial charge is 0.0464 e. The van der Waals surface area contributed by atoms with Gasteiger partial charge in [0.25, 0.3) is 0 Å². The predicted octanol–water partition coefficient (Wildman–Crippen LogP) is 4.08. The third-order valence-electron chi connectivity index (χ3n) is 2.86. The second kappa shape index (κ2) is 7.49. The lowest BCUT2D eigenvalue weighted by molar-refractivity contribution is 0.284. The Labute approximate surface area is 124 Å². The van der Waals surface area contributed by atoms with Gasteiger partial charge in [-0.1, -0.05) is 47.4 Å². The molecule has 18 heavy (non-hydrogen) atoms. The first-order valence-corrected chi connectivity index (χ1v) is 7.46. The molecule has 2 nitrogen and oxygen atoms in total. The number of nitrogens with zero attached hydrogens (tertiary/aromatic N) is 1. The van der Waals surface area contributed by atoms with E-state index >= 15 is 0 Å². The average Bonchev–Trinajstić information content (AvgIpc) is 2.25. The highest BCUT2D eigenvalue weighted by Gasteiger charge is 2.11. The van der Waals surface area contributed by atoms with E-state index in [0.717, 1.165) is 34.6 Å². The maximum Gasteiger partial charge on any atom is 0.0464 e. The molecule has 0 radical (unpaired) electrons. The molecule has 1 rings (SSSR count). The van der Waals surface area contributed by atoms with Gasteiger partial charge in [-0.2, -0.15) is 0 Å². The molecule has 0 saturated carbocycles. The van der Waals surface area contributed by atoms with Crippen LogP contribution in [0.1, 0.15) is 31.9 Å². The van der Waals surface area contributed by atoms with Gasteiger partial charge < -0.3 is 10.6 Å². The van der Waals surface area contributed by atoms with Gasteiger partial charge in [0.05, 0.1) is 0 Å². The topological polar surface area (TPSA) is 29.3 Å². The highest BCUT2D eigenvalue weighted by molar-refractivity contribution is 9.10. The van der Waals surface area contributed by atoms with Crippen molar-refractivity contribution in [3.63, 3.8) is 0 Å². The van der Waals surface area contributed by atoms with Crippen molar-refractivity contribution in [2.75, 3.05) is 20.1 Å². The summed E-state index contributed by atoms with van der Waals surface area (Å²) in [5, 5.41) is 0.739. The molecule has 0 aliphatic heterocycles. The Kier molecular flexibility index (Phi) is 6.64. The van der Waals surface area contributed by atoms with Crippen LogP contribution in [0, 0.1) is 5.92 Å². The molecule has 1 atom stereocenters. The van der Waals surface area contributed by atoms with Crippen LogP contribution in [-0.4, -0.2) is 25.0 Å². The molecule has 2 N–H and O–H groups in total. The van der Waals surface area contributed by atoms with E-state index in [-0.39, 0.29) is 6.04 Å². The zero-order valence-electron chi connectivity index (χ0n) is 11.3. The third kappa shape index (κ3) is 5.27. The molecule has 0 aliphatic carbocycles. The minimum atomic E-state index is 0.000197. The number of rotatable bonds is 6. The Morgan fingerprint density at radius 2 is 2.06 bits per heavy atom. The van der Waals surface area contributed by atoms with Crippen molar-refractivity contribution in [3.05, 3.63) is 33.3 Å². The summed E-state index contributed by atoms with van der Waals surface area (Å²) in [4.78, 5) is 2.32. The number of hydrogen-bond donors (Lipinski definition) is 1. The Morgan fingerprint density at radius 1 is 1.39 bits per heavy atom. The lowest BCUT2D eigenvalue weighted by Crippen LogP contribution is -2.27. The first-order valence-electron chi connectivity index (χ1n) is 6.29. The summed E-state index contributed by atoms with van der Waals surface area (Å²) in [6, 6.07) is 5.88. The van der Waals surface area contributed by atoms with Crippen molar-refractivity contribution in [1.29, 1.82) is 0 Å². The van der Waals surface area contributed by atoms with Crippen molar-refractivity contribution in [3.8, 4) is 0 Å². The van der Waals surface area contributed by atoms with E-state index in [1.807, 2.05) is 18.2 Å². The predicted molar refractivity (Wildman–Crippen MR) is 83.0 cm³/mol. The first-order chi connectivity index (χ1) is 8.40. The zero-order chi connectivity index (χ0) is 13.7. The largest absolute Gasteiger partial charge is 0.324 e. The van der Waals surface area contributed by atoms with Crippen LogP contribution >= 0.6 is 27.5 Å². The summed E-state index contributed by atoms with van der Waals surface area (Å²) in [6.45, 7) is 6.54. The van der Waals surface area contributed by atoms with E-state index in [0.29, 0.717) is 5.92 Å². The van der Waals surface area contributed by atoms with E-state index in [2.05, 4.69) is 41.7 Å². The molecule has 0 fully saturated rings. The van der Waals surface area contributed by atoms with Crippen LogP contribution in [0.5, 0.6) is 0 Å². The molecule has 0 aliphatic rings. The fourth-order valence-electron chi connectivity index (χ4n) is 2.03. The van der Waals surface area contributed by atoms with E-state index < -0.39 is 0 Å². The average molecular weight is 334 g/mol. The van der Waals surface area contributed by atoms with E-state index in [9.17, 15) is 0 Å². The Balaban J connectivity index is 2.52. The second-order valence-corrected chi connectivity index (χ2v) is 6.54. The molecule has 1 aromatic carbocycles. The maximum absolute atomic E-state index is 6.20. The van der Waals surface area contributed by atoms with Gasteiger partial charge in [-0.3, -0.25) is 0 Å². The zero-order valence-corrected chi connectivity index (χ0v) is 13.6. The molecule has 0 bridgehead atoms. The van der Waals surface area contributed by atoms with Gasteiger partial charge in [-0.05, 0) is 43.6 Å². The van der Waals surface area contributed by atoms with Crippen molar-refractivity contribution in [2.24, 2.45) is 11.7 Å². The third-order valence-corrected chi connectivity index (χ3v) is 3.68. The molecule has 0 amide bonds. The molecule has 0 saturated heterocycles. The maximum atomic E-state index is 6.20. The van der Waals surface area contributed by atoms with Gasteiger partial charge in [-0.15, -0.1) is 0 Å². The molecule has 1 aromatic rings. The lowest BCUT2D eigenvalue weighted by atomic mass is 10.0. The number of benzene rings is 1. The van der Waals surface area contributed by atoms with Gasteiger partial charge >= 0.3 is 0 Å². The minimum absolute atomic E-state index is 0.000197. The van der Waals surface area contributed by atoms with Gasteiger partial charge in [0.2, 0.25) is 0 Å². The molecule has 4 heteroatoms. The summed E-state index contributed by atoms with van der Waals surface area (Å²) in [6.07, 6.45) is 0.921. The SMILES string of the molecule is CC(C)CN(C)CCC(N)c1ccc(Br)cc1Cl. The van der Waals surface area contributed by atoms with Crippen molar-refractivity contribution < 1.29 is 0 Å². The fraction of sp³-hybridized carbons (Fsp3) is 0.571. The molecule has 0 aromatic heterocycles. The van der Waals surface area contributed by atoms with E-state index in [1.165, 1.54) is 0 Å². The molecular formula is C14H22BrClN2. The Morgan fingerprint density at radius 3 is 2.61 bits per heavy atom. The fourth-order valence-corrected chi connectivity index (χ4v) is 2.85. The first kappa shape index (κ1) is 16.0. The highest BCUT2D eigenvalue weighted by Crippen LogP contribution is 2.26. The van der Waals surface area contributed by atoms with Crippen LogP contribution in [0.15, 0.2) is 22.7 Å². The van der Waals surface area contributed by atoms with Gasteiger partial charge in [-0.25, -0.2) is 0 Å². The van der Waals surface area contributed by atoms with Crippen LogP contribution in [-0.2, 0) is 0 Å². The van der Waals surface area contributed by atoms with Gasteiger partial charge in [0, 0.05) is 22.1 Å². The van der Waals surface area contributed by atoms with Gasteiger partial charge in [0.15, 0.2) is 0 Å². The second-order valence-electron chi connectivity index (χ2n) is 5.22. The van der Waals surface area contributed by atoms with Crippen LogP contribution in [0.4, 0.5) is 0 Å². The van der Waals surface area contributed by atoms with Gasteiger partial charge in [0.1, 0.15) is 0 Å². The Bertz CT molecular complexity index is 382. The van der Waals surface area contributed by atoms with E-state index in [1.54, 1.807) is 0 Å². The molecule has 0 spiro atoms. The van der Waals surface area contributed by atoms with Crippen molar-refractivity contribution in [1.82, 2.24) is 4.90 Å². The standard InChI is InChI=1S/C14H22BrClN2/c1-10(2)9-18(3)7-6-14(17)12-5-4-11(15)8-13(12)16/h4-5,8,10,14H,6-7,9,17H2,1-3H3. The Hall–Kier alpha value is -0.0900. The quantitative estimate of drug-likeness (QED) is 0.850. The molecule has 1 unspecified atom stereocenters. The normalized spacial score (nSPS) is 13.3. The van der Waals surface area contributed by atoms with Crippen molar-refractivity contribution >= 4 is 27.5 Å². The molecule has 102 valence electrons. The summed E-state index contributed by atoms with van der Waals surface area (Å²) in [5.41, 5.74) is 7.22. The van der Waals surface area contributed by atoms with Crippen LogP contribution in [0.3, 0.4) is 0 Å². The van der Waals surface area contributed by atoms with Crippen LogP contribution in [0.25, 0.3) is 0 Å². The summed E-state index contributed by atoms with van der Waals surface area (Å²) >= 11 is 9.60. The highest BCUT2D eigenvalue weighted by atomic mass is 79.9. The number of nitrogens with two attached hydrogens (primary N) is 1. The summed E-state index contributed by atoms with van der Waals surface area (Å²) in [7, 11) is 2.13. The minimum Gasteiger partial charge on any atom is -0.324 e. The summed E-state index contributed by atoms with van der Waals surface area (Å²) < 4.78 is 0.986. The molecule has 0 heterocycles. The monoisotopic (exact) mass is 332 g/mol. The summed E-state index contributed by atoms with van der Waals surface area (Å²) in [5.74, 6) is 0.683. The van der Waals surface area contributed by atoms with E-state index in [4.69, 9.17) is 17.3 Å². The lowest BCUT2D eigenvalue weighted by Gasteiger charge is -2.21. The number of halogens is 2. The van der Waals surface area contributed by atoms with Crippen LogP contribution in [0.2, 0.25) is 5.02 Å². The number of hydrogen-bond acceptors (Lipinski definition) is 2.